The summed E-state index contributed by atoms with van der Waals surface area (Å²) in [7, 11) is 3.38. The van der Waals surface area contributed by atoms with Crippen LogP contribution in [0.5, 0.6) is 11.5 Å². The zero-order valence-electron chi connectivity index (χ0n) is 15.9. The van der Waals surface area contributed by atoms with Crippen LogP contribution in [-0.2, 0) is 4.74 Å². The Bertz CT molecular complexity index is 498. The maximum atomic E-state index is 5.91. The van der Waals surface area contributed by atoms with Gasteiger partial charge in [-0.25, -0.2) is 0 Å². The number of guanidine groups is 1. The lowest BCUT2D eigenvalue weighted by molar-refractivity contribution is 0.114. The number of hydrogen-bond donors (Lipinski definition) is 2. The van der Waals surface area contributed by atoms with Gasteiger partial charge in [-0.15, -0.1) is 24.0 Å². The average Bonchev–Trinajstić information content (AvgIpc) is 2.57. The van der Waals surface area contributed by atoms with Gasteiger partial charge in [0, 0.05) is 20.2 Å². The highest BCUT2D eigenvalue weighted by Gasteiger charge is 2.09. The van der Waals surface area contributed by atoms with Gasteiger partial charge in [-0.2, -0.15) is 0 Å². The van der Waals surface area contributed by atoms with E-state index in [0.717, 1.165) is 24.1 Å². The monoisotopic (exact) mass is 465 g/mol. The van der Waals surface area contributed by atoms with Crippen LogP contribution in [0.1, 0.15) is 20.8 Å². The van der Waals surface area contributed by atoms with E-state index >= 15 is 0 Å². The lowest BCUT2D eigenvalue weighted by Crippen LogP contribution is -2.42. The molecule has 1 rings (SSSR count). The minimum atomic E-state index is -0.0305. The van der Waals surface area contributed by atoms with E-state index in [2.05, 4.69) is 29.5 Å². The van der Waals surface area contributed by atoms with Crippen molar-refractivity contribution in [3.05, 3.63) is 24.3 Å². The van der Waals surface area contributed by atoms with Crippen molar-refractivity contribution in [1.82, 2.24) is 10.6 Å². The van der Waals surface area contributed by atoms with Crippen molar-refractivity contribution < 1.29 is 14.2 Å². The number of nitrogens with zero attached hydrogens (tertiary/aromatic N) is 1. The van der Waals surface area contributed by atoms with Crippen LogP contribution in [0.4, 0.5) is 0 Å². The predicted molar refractivity (Wildman–Crippen MR) is 114 cm³/mol. The van der Waals surface area contributed by atoms with Crippen molar-refractivity contribution in [2.24, 2.45) is 10.9 Å². The van der Waals surface area contributed by atoms with E-state index in [1.807, 2.05) is 31.2 Å². The molecule has 0 aliphatic carbocycles. The molecule has 0 amide bonds. The van der Waals surface area contributed by atoms with Crippen molar-refractivity contribution in [3.8, 4) is 11.5 Å². The van der Waals surface area contributed by atoms with Crippen molar-refractivity contribution in [1.29, 1.82) is 0 Å². The molecular formula is C18H32IN3O3. The molecule has 2 N–H and O–H groups in total. The minimum absolute atomic E-state index is 0. The van der Waals surface area contributed by atoms with Crippen molar-refractivity contribution in [3.63, 3.8) is 0 Å². The highest BCUT2D eigenvalue weighted by Crippen LogP contribution is 2.26. The molecule has 1 unspecified atom stereocenters. The number of hydrogen-bond acceptors (Lipinski definition) is 4. The van der Waals surface area contributed by atoms with Gasteiger partial charge in [-0.05, 0) is 25.0 Å². The number of aliphatic imine (C=N–C) groups is 1. The molecule has 0 saturated heterocycles. The Morgan fingerprint density at radius 3 is 2.40 bits per heavy atom. The molecule has 7 heteroatoms. The molecule has 144 valence electrons. The quantitative estimate of drug-likeness (QED) is 0.241. The topological polar surface area (TPSA) is 64.1 Å². The molecule has 0 bridgehead atoms. The van der Waals surface area contributed by atoms with Gasteiger partial charge in [0.2, 0.25) is 0 Å². The summed E-state index contributed by atoms with van der Waals surface area (Å²) in [6, 6.07) is 7.62. The van der Waals surface area contributed by atoms with Crippen LogP contribution in [-0.4, -0.2) is 52.5 Å². The molecule has 0 aliphatic heterocycles. The van der Waals surface area contributed by atoms with Crippen LogP contribution < -0.4 is 20.1 Å². The Hall–Kier alpha value is -1.22. The molecule has 1 atom stereocenters. The minimum Gasteiger partial charge on any atom is -0.493 e. The molecule has 1 aromatic carbocycles. The molecule has 0 aromatic heterocycles. The van der Waals surface area contributed by atoms with Gasteiger partial charge in [0.25, 0.3) is 0 Å². The maximum absolute atomic E-state index is 5.91. The Balaban J connectivity index is 0.00000576. The standard InChI is InChI=1S/C18H31N3O3.HI/c1-14(2)13-23-11-10-20-18(19-4)21-12-15(3)24-17-9-7-6-8-16(17)22-5;/h6-9,14-15H,10-13H2,1-5H3,(H2,19,20,21);1H. The molecule has 0 fully saturated rings. The van der Waals surface area contributed by atoms with Crippen molar-refractivity contribution >= 4 is 29.9 Å². The number of ether oxygens (including phenoxy) is 3. The number of rotatable bonds is 10. The predicted octanol–water partition coefficient (Wildman–Crippen LogP) is 2.92. The summed E-state index contributed by atoms with van der Waals surface area (Å²) >= 11 is 0. The summed E-state index contributed by atoms with van der Waals surface area (Å²) in [5.74, 6) is 2.75. The number of methoxy groups -OCH3 is 1. The normalized spacial score (nSPS) is 12.3. The lowest BCUT2D eigenvalue weighted by Gasteiger charge is -2.19. The second-order valence-electron chi connectivity index (χ2n) is 5.93. The average molecular weight is 465 g/mol. The van der Waals surface area contributed by atoms with Gasteiger partial charge in [-0.1, -0.05) is 26.0 Å². The molecule has 0 spiro atoms. The molecule has 6 nitrogen and oxygen atoms in total. The van der Waals surface area contributed by atoms with Gasteiger partial charge in [0.05, 0.1) is 20.3 Å². The van der Waals surface area contributed by atoms with Crippen molar-refractivity contribution in [2.75, 3.05) is 40.5 Å². The van der Waals surface area contributed by atoms with Crippen LogP contribution in [0.15, 0.2) is 29.3 Å². The van der Waals surface area contributed by atoms with Crippen LogP contribution in [0.3, 0.4) is 0 Å². The smallest absolute Gasteiger partial charge is 0.191 e. The van der Waals surface area contributed by atoms with E-state index in [1.54, 1.807) is 14.2 Å². The third-order valence-corrected chi connectivity index (χ3v) is 3.17. The summed E-state index contributed by atoms with van der Waals surface area (Å²) in [5.41, 5.74) is 0. The summed E-state index contributed by atoms with van der Waals surface area (Å²) in [5, 5.41) is 6.46. The molecule has 0 saturated carbocycles. The third-order valence-electron chi connectivity index (χ3n) is 3.17. The zero-order valence-corrected chi connectivity index (χ0v) is 18.2. The van der Waals surface area contributed by atoms with Gasteiger partial charge in [0.15, 0.2) is 17.5 Å². The van der Waals surface area contributed by atoms with Crippen LogP contribution in [0, 0.1) is 5.92 Å². The van der Waals surface area contributed by atoms with Crippen LogP contribution in [0.25, 0.3) is 0 Å². The molecule has 0 radical (unpaired) electrons. The summed E-state index contributed by atoms with van der Waals surface area (Å²) in [6.07, 6.45) is -0.0305. The molecule has 0 heterocycles. The highest BCUT2D eigenvalue weighted by molar-refractivity contribution is 14.0. The third kappa shape index (κ3) is 10.4. The fourth-order valence-electron chi connectivity index (χ4n) is 2.00. The Kier molecular flexibility index (Phi) is 13.3. The molecular weight excluding hydrogens is 433 g/mol. The Labute approximate surface area is 168 Å². The van der Waals surface area contributed by atoms with E-state index < -0.39 is 0 Å². The summed E-state index contributed by atoms with van der Waals surface area (Å²) in [6.45, 7) is 9.05. The molecule has 25 heavy (non-hydrogen) atoms. The maximum Gasteiger partial charge on any atom is 0.191 e. The number of nitrogens with one attached hydrogen (secondary N) is 2. The first-order valence-electron chi connectivity index (χ1n) is 8.38. The number of para-hydroxylation sites is 2. The Morgan fingerprint density at radius 2 is 1.80 bits per heavy atom. The van der Waals surface area contributed by atoms with E-state index in [-0.39, 0.29) is 30.1 Å². The van der Waals surface area contributed by atoms with E-state index in [9.17, 15) is 0 Å². The van der Waals surface area contributed by atoms with Crippen LogP contribution >= 0.6 is 24.0 Å². The van der Waals surface area contributed by atoms with E-state index in [1.165, 1.54) is 0 Å². The number of halogens is 1. The van der Waals surface area contributed by atoms with E-state index in [4.69, 9.17) is 14.2 Å². The highest BCUT2D eigenvalue weighted by atomic mass is 127. The lowest BCUT2D eigenvalue weighted by atomic mass is 10.2. The first kappa shape index (κ1) is 23.8. The summed E-state index contributed by atoms with van der Waals surface area (Å²) < 4.78 is 16.7. The first-order valence-corrected chi connectivity index (χ1v) is 8.38. The SMILES string of the molecule is CN=C(NCCOCC(C)C)NCC(C)Oc1ccccc1OC.I. The fourth-order valence-corrected chi connectivity index (χ4v) is 2.00. The van der Waals surface area contributed by atoms with E-state index in [0.29, 0.717) is 25.6 Å². The molecule has 1 aromatic rings. The second-order valence-corrected chi connectivity index (χ2v) is 5.93. The fraction of sp³-hybridized carbons (Fsp3) is 0.611. The van der Waals surface area contributed by atoms with Gasteiger partial charge in [-0.3, -0.25) is 4.99 Å². The first-order chi connectivity index (χ1) is 11.6. The largest absolute Gasteiger partial charge is 0.493 e. The van der Waals surface area contributed by atoms with Gasteiger partial charge in [0.1, 0.15) is 6.10 Å². The second kappa shape index (κ2) is 14.0. The van der Waals surface area contributed by atoms with Gasteiger partial charge >= 0.3 is 0 Å². The summed E-state index contributed by atoms with van der Waals surface area (Å²) in [4.78, 5) is 4.19. The zero-order chi connectivity index (χ0) is 17.8. The molecule has 0 aliphatic rings. The Morgan fingerprint density at radius 1 is 1.12 bits per heavy atom. The van der Waals surface area contributed by atoms with Gasteiger partial charge < -0.3 is 24.8 Å². The number of benzene rings is 1. The van der Waals surface area contributed by atoms with Crippen molar-refractivity contribution in [2.45, 2.75) is 26.9 Å². The van der Waals surface area contributed by atoms with Crippen LogP contribution in [0.2, 0.25) is 0 Å².